The second-order valence-corrected chi connectivity index (χ2v) is 6.56. The lowest BCUT2D eigenvalue weighted by molar-refractivity contribution is 0.101. The molecular formula is C23H14FNO3. The van der Waals surface area contributed by atoms with Crippen molar-refractivity contribution in [1.82, 2.24) is 4.98 Å². The Balaban J connectivity index is 1.70. The maximum Gasteiger partial charge on any atom is 0.232 e. The number of phenolic OH excluding ortho intramolecular Hbond substituents is 1. The summed E-state index contributed by atoms with van der Waals surface area (Å²) in [5, 5.41) is 10.9. The highest BCUT2D eigenvalue weighted by molar-refractivity contribution is 6.16. The zero-order chi connectivity index (χ0) is 19.3. The van der Waals surface area contributed by atoms with Gasteiger partial charge in [0.2, 0.25) is 5.78 Å². The van der Waals surface area contributed by atoms with Crippen LogP contribution in [0, 0.1) is 5.82 Å². The molecule has 3 aromatic carbocycles. The van der Waals surface area contributed by atoms with Gasteiger partial charge >= 0.3 is 0 Å². The van der Waals surface area contributed by atoms with Crippen LogP contribution in [0.25, 0.3) is 28.2 Å². The number of ketones is 1. The Hall–Kier alpha value is -3.86. The van der Waals surface area contributed by atoms with E-state index in [9.17, 15) is 14.3 Å². The first-order valence-electron chi connectivity index (χ1n) is 8.75. The predicted octanol–water partition coefficient (Wildman–Crippen LogP) is 5.30. The number of fused-ring (bicyclic) bond motifs is 2. The molecule has 0 fully saturated rings. The molecule has 1 aliphatic rings. The third-order valence-electron chi connectivity index (χ3n) is 4.83. The zero-order valence-corrected chi connectivity index (χ0v) is 14.6. The molecule has 0 saturated heterocycles. The van der Waals surface area contributed by atoms with Crippen LogP contribution in [0.5, 0.6) is 11.5 Å². The molecule has 0 aliphatic carbocycles. The average Bonchev–Trinajstić information content (AvgIpc) is 3.23. The minimum Gasteiger partial charge on any atom is -0.504 e. The van der Waals surface area contributed by atoms with Gasteiger partial charge in [-0.15, -0.1) is 0 Å². The number of halogens is 1. The molecule has 0 amide bonds. The number of benzene rings is 3. The van der Waals surface area contributed by atoms with Crippen molar-refractivity contribution in [3.63, 3.8) is 0 Å². The van der Waals surface area contributed by atoms with E-state index in [0.29, 0.717) is 5.56 Å². The third kappa shape index (κ3) is 2.48. The van der Waals surface area contributed by atoms with E-state index in [-0.39, 0.29) is 28.9 Å². The van der Waals surface area contributed by atoms with Crippen molar-refractivity contribution in [3.8, 4) is 22.8 Å². The number of allylic oxidation sites excluding steroid dienone is 1. The van der Waals surface area contributed by atoms with Crippen LogP contribution in [-0.2, 0) is 0 Å². The van der Waals surface area contributed by atoms with E-state index in [0.717, 1.165) is 27.7 Å². The molecular weight excluding hydrogens is 357 g/mol. The smallest absolute Gasteiger partial charge is 0.232 e. The number of nitrogens with one attached hydrogen (secondary N) is 1. The second-order valence-electron chi connectivity index (χ2n) is 6.56. The van der Waals surface area contributed by atoms with Crippen molar-refractivity contribution in [2.45, 2.75) is 0 Å². The molecule has 0 spiro atoms. The lowest BCUT2D eigenvalue weighted by atomic mass is 10.0. The van der Waals surface area contributed by atoms with E-state index in [1.807, 2.05) is 24.3 Å². The summed E-state index contributed by atoms with van der Waals surface area (Å²) in [5.41, 5.74) is 3.52. The maximum atomic E-state index is 13.4. The Labute approximate surface area is 159 Å². The topological polar surface area (TPSA) is 62.3 Å². The van der Waals surface area contributed by atoms with Gasteiger partial charge in [-0.25, -0.2) is 4.39 Å². The number of Topliss-reactive ketones (excluding diaryl/α,β-unsaturated/α-hetero) is 1. The van der Waals surface area contributed by atoms with Crippen molar-refractivity contribution >= 4 is 22.8 Å². The van der Waals surface area contributed by atoms with E-state index in [1.165, 1.54) is 18.2 Å². The van der Waals surface area contributed by atoms with Crippen LogP contribution in [0.1, 0.15) is 15.9 Å². The molecule has 4 aromatic rings. The van der Waals surface area contributed by atoms with Gasteiger partial charge in [0, 0.05) is 16.5 Å². The third-order valence-corrected chi connectivity index (χ3v) is 4.83. The monoisotopic (exact) mass is 371 g/mol. The van der Waals surface area contributed by atoms with Crippen molar-refractivity contribution in [2.75, 3.05) is 0 Å². The number of aromatic hydroxyl groups is 1. The van der Waals surface area contributed by atoms with Crippen LogP contribution in [0.2, 0.25) is 0 Å². The van der Waals surface area contributed by atoms with Crippen molar-refractivity contribution in [3.05, 3.63) is 89.4 Å². The number of aromatic nitrogens is 1. The molecule has 5 rings (SSSR count). The molecule has 136 valence electrons. The fraction of sp³-hybridized carbons (Fsp3) is 0. The first kappa shape index (κ1) is 16.3. The average molecular weight is 371 g/mol. The van der Waals surface area contributed by atoms with Crippen molar-refractivity contribution in [1.29, 1.82) is 0 Å². The van der Waals surface area contributed by atoms with Gasteiger partial charge in [0.1, 0.15) is 5.82 Å². The fourth-order valence-corrected chi connectivity index (χ4v) is 3.48. The quantitative estimate of drug-likeness (QED) is 0.470. The Bertz CT molecular complexity index is 1270. The van der Waals surface area contributed by atoms with Crippen LogP contribution in [0.4, 0.5) is 4.39 Å². The van der Waals surface area contributed by atoms with Gasteiger partial charge in [-0.3, -0.25) is 4.79 Å². The van der Waals surface area contributed by atoms with Crippen LogP contribution >= 0.6 is 0 Å². The van der Waals surface area contributed by atoms with Crippen LogP contribution in [-0.4, -0.2) is 15.9 Å². The van der Waals surface area contributed by atoms with Gasteiger partial charge in [0.25, 0.3) is 0 Å². The number of rotatable bonds is 2. The molecule has 0 unspecified atom stereocenters. The molecule has 0 saturated carbocycles. The summed E-state index contributed by atoms with van der Waals surface area (Å²) in [6.45, 7) is 0. The fourth-order valence-electron chi connectivity index (χ4n) is 3.48. The number of carbonyl (C=O) groups is 1. The van der Waals surface area contributed by atoms with Gasteiger partial charge in [-0.1, -0.05) is 24.3 Å². The molecule has 2 heterocycles. The first-order valence-corrected chi connectivity index (χ1v) is 8.75. The molecule has 28 heavy (non-hydrogen) atoms. The first-order chi connectivity index (χ1) is 13.6. The van der Waals surface area contributed by atoms with E-state index >= 15 is 0 Å². The molecule has 0 bridgehead atoms. The van der Waals surface area contributed by atoms with Crippen molar-refractivity contribution < 1.29 is 19.0 Å². The van der Waals surface area contributed by atoms with Crippen molar-refractivity contribution in [2.24, 2.45) is 0 Å². The highest BCUT2D eigenvalue weighted by Gasteiger charge is 2.30. The van der Waals surface area contributed by atoms with Gasteiger partial charge in [0.05, 0.1) is 11.3 Å². The summed E-state index contributed by atoms with van der Waals surface area (Å²) in [6, 6.07) is 18.5. The Kier molecular flexibility index (Phi) is 3.55. The van der Waals surface area contributed by atoms with Gasteiger partial charge < -0.3 is 14.8 Å². The summed E-state index contributed by atoms with van der Waals surface area (Å²) < 4.78 is 19.0. The minimum atomic E-state index is -0.319. The highest BCUT2D eigenvalue weighted by atomic mass is 19.1. The largest absolute Gasteiger partial charge is 0.504 e. The normalized spacial score (nSPS) is 14.5. The van der Waals surface area contributed by atoms with Gasteiger partial charge in [0.15, 0.2) is 17.3 Å². The number of hydrogen-bond donors (Lipinski definition) is 2. The number of para-hydroxylation sites is 2. The van der Waals surface area contributed by atoms with E-state index in [4.69, 9.17) is 4.74 Å². The maximum absolute atomic E-state index is 13.4. The molecule has 1 aliphatic heterocycles. The number of ether oxygens (including phenoxy) is 1. The van der Waals surface area contributed by atoms with Gasteiger partial charge in [-0.2, -0.15) is 0 Å². The summed E-state index contributed by atoms with van der Waals surface area (Å²) in [6.07, 6.45) is 1.67. The Morgan fingerprint density at radius 3 is 2.54 bits per heavy atom. The zero-order valence-electron chi connectivity index (χ0n) is 14.6. The summed E-state index contributed by atoms with van der Waals surface area (Å²) >= 11 is 0. The number of phenols is 1. The number of aromatic amines is 1. The van der Waals surface area contributed by atoms with Crippen LogP contribution in [0.15, 0.2) is 72.5 Å². The number of carbonyl (C=O) groups excluding carboxylic acids is 1. The standard InChI is InChI=1S/C23H14FNO3/c24-14-10-8-13(9-11-14)21-17(15-4-1-2-6-18(15)25-21)12-20-22(27)16-5-3-7-19(26)23(16)28-20/h1-12,25-26H/b20-12-. The summed E-state index contributed by atoms with van der Waals surface area (Å²) in [4.78, 5) is 16.1. The lowest BCUT2D eigenvalue weighted by Gasteiger charge is -2.03. The Morgan fingerprint density at radius 2 is 1.75 bits per heavy atom. The van der Waals surface area contributed by atoms with Crippen LogP contribution < -0.4 is 4.74 Å². The highest BCUT2D eigenvalue weighted by Crippen LogP contribution is 2.40. The Morgan fingerprint density at radius 1 is 0.964 bits per heavy atom. The summed E-state index contributed by atoms with van der Waals surface area (Å²) in [7, 11) is 0. The molecule has 0 atom stereocenters. The van der Waals surface area contributed by atoms with Crippen LogP contribution in [0.3, 0.4) is 0 Å². The second kappa shape index (κ2) is 6.09. The number of H-pyrrole nitrogens is 1. The molecule has 4 nitrogen and oxygen atoms in total. The molecule has 1 aromatic heterocycles. The molecule has 0 radical (unpaired) electrons. The predicted molar refractivity (Wildman–Crippen MR) is 105 cm³/mol. The van der Waals surface area contributed by atoms with E-state index in [2.05, 4.69) is 4.98 Å². The van der Waals surface area contributed by atoms with E-state index in [1.54, 1.807) is 30.3 Å². The molecule has 2 N–H and O–H groups in total. The molecule has 5 heteroatoms. The number of hydrogen-bond acceptors (Lipinski definition) is 3. The van der Waals surface area contributed by atoms with Gasteiger partial charge in [-0.05, 0) is 54.1 Å². The SMILES string of the molecule is O=C1/C(=C/c2c(-c3ccc(F)cc3)[nH]c3ccccc23)Oc2c(O)cccc21. The van der Waals surface area contributed by atoms with E-state index < -0.39 is 0 Å². The minimum absolute atomic E-state index is 0.0769. The lowest BCUT2D eigenvalue weighted by Crippen LogP contribution is -1.98. The summed E-state index contributed by atoms with van der Waals surface area (Å²) in [5.74, 6) is -0.389.